The van der Waals surface area contributed by atoms with E-state index in [4.69, 9.17) is 37.7 Å². The maximum atomic E-state index is 12.3. The van der Waals surface area contributed by atoms with Crippen molar-refractivity contribution in [3.05, 3.63) is 52.0 Å². The fourth-order valence-electron chi connectivity index (χ4n) is 1.87. The second-order valence-corrected chi connectivity index (χ2v) is 6.78. The van der Waals surface area contributed by atoms with Gasteiger partial charge in [0.15, 0.2) is 0 Å². The molecule has 1 amide bonds. The minimum atomic E-state index is -4.55. The molecular formula is C14H13Cl2N2O5P. The first-order chi connectivity index (χ1) is 11.2. The van der Waals surface area contributed by atoms with Crippen LogP contribution in [0, 0.1) is 0 Å². The molecule has 2 aromatic rings. The Hall–Kier alpha value is -1.76. The lowest BCUT2D eigenvalue weighted by molar-refractivity contribution is 0.102. The molecule has 0 unspecified atom stereocenters. The lowest BCUT2D eigenvalue weighted by Crippen LogP contribution is -2.12. The van der Waals surface area contributed by atoms with Gasteiger partial charge in [0, 0.05) is 11.3 Å². The minimum Gasteiger partial charge on any atom is -0.495 e. The van der Waals surface area contributed by atoms with Crippen molar-refractivity contribution in [1.29, 1.82) is 0 Å². The van der Waals surface area contributed by atoms with Crippen molar-refractivity contribution in [2.45, 2.75) is 0 Å². The van der Waals surface area contributed by atoms with E-state index in [-0.39, 0.29) is 22.0 Å². The van der Waals surface area contributed by atoms with E-state index in [0.29, 0.717) is 10.7 Å². The summed E-state index contributed by atoms with van der Waals surface area (Å²) in [5, 5.41) is 5.25. The molecule has 0 bridgehead atoms. The average Bonchev–Trinajstić information content (AvgIpc) is 2.49. The maximum Gasteiger partial charge on any atom is 0.427 e. The zero-order chi connectivity index (χ0) is 17.9. The van der Waals surface area contributed by atoms with Gasteiger partial charge in [-0.2, -0.15) is 0 Å². The van der Waals surface area contributed by atoms with Gasteiger partial charge in [0.2, 0.25) is 0 Å². The highest BCUT2D eigenvalue weighted by Crippen LogP contribution is 2.39. The number of carbonyl (C=O) groups excluding carboxylic acids is 1. The molecule has 0 aliphatic carbocycles. The number of rotatable bonds is 5. The van der Waals surface area contributed by atoms with E-state index in [2.05, 4.69) is 5.32 Å². The first-order valence-corrected chi connectivity index (χ1v) is 8.85. The van der Waals surface area contributed by atoms with E-state index >= 15 is 0 Å². The van der Waals surface area contributed by atoms with Crippen LogP contribution >= 0.6 is 30.9 Å². The minimum absolute atomic E-state index is 0.00683. The summed E-state index contributed by atoms with van der Waals surface area (Å²) in [6.45, 7) is 0. The Labute approximate surface area is 147 Å². The third kappa shape index (κ3) is 4.87. The second-order valence-electron chi connectivity index (χ2n) is 4.65. The quantitative estimate of drug-likeness (QED) is 0.579. The number of carbonyl (C=O) groups is 1. The number of ether oxygens (including phenoxy) is 1. The first kappa shape index (κ1) is 18.6. The molecule has 0 saturated heterocycles. The van der Waals surface area contributed by atoms with Gasteiger partial charge in [-0.05, 0) is 36.4 Å². The standard InChI is InChI=1S/C14H13Cl2N2O5P/c1-23-13-5-2-8(6-12(13)18-24(20,21)22)14(19)17-9-3-4-10(15)11(16)7-9/h2-7H,1H3,(H,17,19)(H3,18,20,21,22). The summed E-state index contributed by atoms with van der Waals surface area (Å²) in [7, 11) is -3.21. The van der Waals surface area contributed by atoms with Crippen LogP contribution in [0.4, 0.5) is 11.4 Å². The van der Waals surface area contributed by atoms with E-state index in [1.807, 2.05) is 5.09 Å². The molecule has 0 heterocycles. The van der Waals surface area contributed by atoms with Gasteiger partial charge < -0.3 is 19.8 Å². The van der Waals surface area contributed by atoms with Crippen molar-refractivity contribution in [3.63, 3.8) is 0 Å². The van der Waals surface area contributed by atoms with Gasteiger partial charge in [-0.25, -0.2) is 4.57 Å². The van der Waals surface area contributed by atoms with E-state index in [9.17, 15) is 9.36 Å². The molecule has 0 atom stereocenters. The molecule has 0 saturated carbocycles. The molecule has 4 N–H and O–H groups in total. The van der Waals surface area contributed by atoms with Crippen LogP contribution in [-0.4, -0.2) is 22.8 Å². The van der Waals surface area contributed by atoms with Gasteiger partial charge in [0.25, 0.3) is 5.91 Å². The summed E-state index contributed by atoms with van der Waals surface area (Å²) in [5.41, 5.74) is 0.583. The molecule has 2 aromatic carbocycles. The van der Waals surface area contributed by atoms with Gasteiger partial charge in [0.05, 0.1) is 22.8 Å². The van der Waals surface area contributed by atoms with E-state index in [0.717, 1.165) is 0 Å². The smallest absolute Gasteiger partial charge is 0.427 e. The molecule has 7 nitrogen and oxygen atoms in total. The van der Waals surface area contributed by atoms with Gasteiger partial charge in [0.1, 0.15) is 5.75 Å². The zero-order valence-corrected chi connectivity index (χ0v) is 14.7. The molecule has 0 fully saturated rings. The van der Waals surface area contributed by atoms with E-state index in [1.54, 1.807) is 6.07 Å². The summed E-state index contributed by atoms with van der Waals surface area (Å²) in [6.07, 6.45) is 0. The highest BCUT2D eigenvalue weighted by Gasteiger charge is 2.18. The number of anilines is 2. The number of amides is 1. The molecule has 0 radical (unpaired) electrons. The van der Waals surface area contributed by atoms with Crippen molar-refractivity contribution in [3.8, 4) is 5.75 Å². The first-order valence-electron chi connectivity index (χ1n) is 6.48. The fourth-order valence-corrected chi connectivity index (χ4v) is 2.66. The van der Waals surface area contributed by atoms with Crippen molar-refractivity contribution >= 4 is 48.2 Å². The fraction of sp³-hybridized carbons (Fsp3) is 0.0714. The van der Waals surface area contributed by atoms with Crippen LogP contribution in [0.25, 0.3) is 0 Å². The van der Waals surface area contributed by atoms with Crippen molar-refractivity contribution in [2.75, 3.05) is 17.5 Å². The third-order valence-corrected chi connectivity index (χ3v) is 4.18. The molecule has 0 spiro atoms. The zero-order valence-electron chi connectivity index (χ0n) is 12.3. The SMILES string of the molecule is COc1ccc(C(=O)Nc2ccc(Cl)c(Cl)c2)cc1NP(=O)(O)O. The normalized spacial score (nSPS) is 11.0. The average molecular weight is 391 g/mol. The number of hydrogen-bond donors (Lipinski definition) is 4. The maximum absolute atomic E-state index is 12.3. The Bertz CT molecular complexity index is 825. The highest BCUT2D eigenvalue weighted by atomic mass is 35.5. The highest BCUT2D eigenvalue weighted by molar-refractivity contribution is 7.53. The topological polar surface area (TPSA) is 108 Å². The van der Waals surface area contributed by atoms with Gasteiger partial charge in [-0.1, -0.05) is 23.2 Å². The van der Waals surface area contributed by atoms with Crippen LogP contribution in [0.2, 0.25) is 10.0 Å². The van der Waals surface area contributed by atoms with Crippen LogP contribution in [0.15, 0.2) is 36.4 Å². The Balaban J connectivity index is 2.27. The molecule has 0 aliphatic rings. The van der Waals surface area contributed by atoms with Crippen molar-refractivity contribution in [2.24, 2.45) is 0 Å². The Morgan fingerprint density at radius 2 is 1.83 bits per heavy atom. The third-order valence-electron chi connectivity index (χ3n) is 2.91. The van der Waals surface area contributed by atoms with Crippen LogP contribution < -0.4 is 15.1 Å². The van der Waals surface area contributed by atoms with Gasteiger partial charge >= 0.3 is 7.75 Å². The summed E-state index contributed by atoms with van der Waals surface area (Å²) in [4.78, 5) is 30.3. The molecule has 0 aromatic heterocycles. The van der Waals surface area contributed by atoms with Crippen molar-refractivity contribution in [1.82, 2.24) is 0 Å². The van der Waals surface area contributed by atoms with Gasteiger partial charge in [-0.15, -0.1) is 0 Å². The molecule has 10 heteroatoms. The Morgan fingerprint density at radius 1 is 1.12 bits per heavy atom. The number of benzene rings is 2. The molecular weight excluding hydrogens is 378 g/mol. The largest absolute Gasteiger partial charge is 0.495 e. The number of methoxy groups -OCH3 is 1. The Kier molecular flexibility index (Phi) is 5.74. The number of hydrogen-bond acceptors (Lipinski definition) is 3. The molecule has 24 heavy (non-hydrogen) atoms. The number of nitrogens with one attached hydrogen (secondary N) is 2. The van der Waals surface area contributed by atoms with Gasteiger partial charge in [-0.3, -0.25) is 9.88 Å². The predicted octanol–water partition coefficient (Wildman–Crippen LogP) is 3.76. The van der Waals surface area contributed by atoms with Crippen LogP contribution in [0.1, 0.15) is 10.4 Å². The molecule has 0 aliphatic heterocycles. The molecule has 2 rings (SSSR count). The van der Waals surface area contributed by atoms with Crippen LogP contribution in [0.5, 0.6) is 5.75 Å². The van der Waals surface area contributed by atoms with Crippen LogP contribution in [-0.2, 0) is 4.57 Å². The monoisotopic (exact) mass is 390 g/mol. The summed E-state index contributed by atoms with van der Waals surface area (Å²) >= 11 is 11.7. The van der Waals surface area contributed by atoms with E-state index < -0.39 is 13.7 Å². The summed E-state index contributed by atoms with van der Waals surface area (Å²) in [5.74, 6) is -0.311. The van der Waals surface area contributed by atoms with Crippen LogP contribution in [0.3, 0.4) is 0 Å². The summed E-state index contributed by atoms with van der Waals surface area (Å²) < 4.78 is 16.1. The van der Waals surface area contributed by atoms with Crippen molar-refractivity contribution < 1.29 is 23.9 Å². The lowest BCUT2D eigenvalue weighted by atomic mass is 10.1. The lowest BCUT2D eigenvalue weighted by Gasteiger charge is -2.13. The number of halogens is 2. The Morgan fingerprint density at radius 3 is 2.42 bits per heavy atom. The van der Waals surface area contributed by atoms with E-state index in [1.165, 1.54) is 37.4 Å². The molecule has 128 valence electrons. The predicted molar refractivity (Wildman–Crippen MR) is 93.1 cm³/mol. The second kappa shape index (κ2) is 7.42. The summed E-state index contributed by atoms with van der Waals surface area (Å²) in [6, 6.07) is 8.74.